The van der Waals surface area contributed by atoms with Gasteiger partial charge in [0, 0.05) is 19.6 Å². The molecule has 0 saturated carbocycles. The molecule has 0 heterocycles. The Labute approximate surface area is 82.1 Å². The Bertz CT molecular complexity index is 291. The van der Waals surface area contributed by atoms with E-state index in [1.54, 1.807) is 6.92 Å². The molecule has 1 amide bonds. The minimum absolute atomic E-state index is 0.0924. The summed E-state index contributed by atoms with van der Waals surface area (Å²) in [5.74, 6) is -1.31. The summed E-state index contributed by atoms with van der Waals surface area (Å²) in [4.78, 5) is 25.0. The highest BCUT2D eigenvalue weighted by atomic mass is 16.5. The van der Waals surface area contributed by atoms with Gasteiger partial charge in [-0.25, -0.2) is 9.79 Å². The second-order valence-electron chi connectivity index (χ2n) is 2.48. The fourth-order valence-corrected chi connectivity index (χ4v) is 0.701. The van der Waals surface area contributed by atoms with Crippen LogP contribution < -0.4 is 0 Å². The van der Waals surface area contributed by atoms with Crippen LogP contribution in [-0.2, 0) is 14.3 Å². The van der Waals surface area contributed by atoms with E-state index in [-0.39, 0.29) is 17.8 Å². The van der Waals surface area contributed by atoms with Crippen LogP contribution in [-0.4, -0.2) is 30.3 Å². The van der Waals surface area contributed by atoms with Crippen LogP contribution in [0.5, 0.6) is 0 Å². The van der Waals surface area contributed by atoms with Crippen molar-refractivity contribution in [3.05, 3.63) is 11.3 Å². The van der Waals surface area contributed by atoms with Crippen LogP contribution in [0.3, 0.4) is 0 Å². The Morgan fingerprint density at radius 2 is 2.07 bits per heavy atom. The van der Waals surface area contributed by atoms with E-state index in [0.29, 0.717) is 0 Å². The van der Waals surface area contributed by atoms with Gasteiger partial charge in [0.1, 0.15) is 11.3 Å². The molecule has 14 heavy (non-hydrogen) atoms. The summed E-state index contributed by atoms with van der Waals surface area (Å²) in [6.07, 6.45) is 1.28. The number of hydrogen-bond acceptors (Lipinski definition) is 4. The average molecular weight is 199 g/mol. The number of methoxy groups -OCH3 is 1. The zero-order valence-corrected chi connectivity index (χ0v) is 8.40. The van der Waals surface area contributed by atoms with Gasteiger partial charge in [-0.1, -0.05) is 6.92 Å². The Balaban J connectivity index is 4.93. The minimum atomic E-state index is -0.714. The monoisotopic (exact) mass is 199 g/mol. The van der Waals surface area contributed by atoms with Gasteiger partial charge in [0.2, 0.25) is 5.91 Å². The lowest BCUT2D eigenvalue weighted by Gasteiger charge is -2.01. The number of nitrogens with zero attached hydrogens (tertiary/aromatic N) is 1. The number of aliphatic hydroxyl groups is 1. The number of rotatable bonds is 3. The molecule has 0 aliphatic heterocycles. The lowest BCUT2D eigenvalue weighted by molar-refractivity contribution is -0.135. The lowest BCUT2D eigenvalue weighted by Crippen LogP contribution is -2.09. The Morgan fingerprint density at radius 3 is 2.43 bits per heavy atom. The number of hydrogen-bond donors (Lipinski definition) is 1. The van der Waals surface area contributed by atoms with Crippen molar-refractivity contribution in [3.8, 4) is 0 Å². The van der Waals surface area contributed by atoms with E-state index in [1.165, 1.54) is 14.0 Å². The first kappa shape index (κ1) is 12.3. The van der Waals surface area contributed by atoms with Crippen molar-refractivity contribution in [3.63, 3.8) is 0 Å². The number of ether oxygens (including phenoxy) is 1. The van der Waals surface area contributed by atoms with Crippen LogP contribution >= 0.6 is 0 Å². The molecule has 5 heteroatoms. The van der Waals surface area contributed by atoms with E-state index in [9.17, 15) is 14.7 Å². The highest BCUT2D eigenvalue weighted by molar-refractivity contribution is 6.11. The third-order valence-electron chi connectivity index (χ3n) is 1.43. The molecule has 1 N–H and O–H groups in total. The van der Waals surface area contributed by atoms with Crippen molar-refractivity contribution < 1.29 is 19.4 Å². The zero-order valence-electron chi connectivity index (χ0n) is 8.40. The Hall–Kier alpha value is -1.65. The maximum atomic E-state index is 11.1. The number of aliphatic imine (C=N–C) groups is 1. The molecule has 0 aromatic heterocycles. The van der Waals surface area contributed by atoms with Gasteiger partial charge in [0.25, 0.3) is 0 Å². The fraction of sp³-hybridized carbons (Fsp3) is 0.444. The maximum Gasteiger partial charge on any atom is 0.342 e. The van der Waals surface area contributed by atoms with Crippen molar-refractivity contribution in [2.24, 2.45) is 4.99 Å². The Morgan fingerprint density at radius 1 is 1.50 bits per heavy atom. The van der Waals surface area contributed by atoms with Crippen LogP contribution in [0.4, 0.5) is 0 Å². The lowest BCUT2D eigenvalue weighted by atomic mass is 10.2. The molecule has 0 saturated heterocycles. The topological polar surface area (TPSA) is 76.0 Å². The molecule has 0 unspecified atom stereocenters. The highest BCUT2D eigenvalue weighted by Gasteiger charge is 2.12. The van der Waals surface area contributed by atoms with E-state index < -0.39 is 11.9 Å². The highest BCUT2D eigenvalue weighted by Crippen LogP contribution is 2.05. The number of amides is 1. The van der Waals surface area contributed by atoms with Gasteiger partial charge in [0.15, 0.2) is 0 Å². The molecule has 0 bridgehead atoms. The summed E-state index contributed by atoms with van der Waals surface area (Å²) in [5, 5.41) is 9.31. The van der Waals surface area contributed by atoms with Gasteiger partial charge in [-0.05, 0) is 0 Å². The molecule has 78 valence electrons. The summed E-state index contributed by atoms with van der Waals surface area (Å²) < 4.78 is 4.41. The molecule has 0 fully saturated rings. The zero-order chi connectivity index (χ0) is 11.1. The van der Waals surface area contributed by atoms with Crippen LogP contribution in [0.25, 0.3) is 0 Å². The second kappa shape index (κ2) is 5.90. The van der Waals surface area contributed by atoms with Gasteiger partial charge in [0.05, 0.1) is 7.11 Å². The normalized spacial score (nSPS) is 12.5. The number of allylic oxidation sites excluding steroid dienone is 1. The predicted octanol–water partition coefficient (Wildman–Crippen LogP) is 0.999. The molecular weight excluding hydrogens is 186 g/mol. The quantitative estimate of drug-likeness (QED) is 0.318. The van der Waals surface area contributed by atoms with Crippen LogP contribution in [0.1, 0.15) is 20.3 Å². The van der Waals surface area contributed by atoms with Crippen molar-refractivity contribution >= 4 is 18.1 Å². The van der Waals surface area contributed by atoms with Crippen molar-refractivity contribution in [1.29, 1.82) is 0 Å². The third-order valence-corrected chi connectivity index (χ3v) is 1.43. The molecule has 0 aliphatic rings. The first-order chi connectivity index (χ1) is 6.52. The molecule has 0 aromatic carbocycles. The first-order valence-electron chi connectivity index (χ1n) is 4.08. The van der Waals surface area contributed by atoms with Crippen LogP contribution in [0, 0.1) is 0 Å². The molecule has 0 atom stereocenters. The minimum Gasteiger partial charge on any atom is -0.511 e. The maximum absolute atomic E-state index is 11.1. The molecule has 0 radical (unpaired) electrons. The molecular formula is C9H13NO4. The number of aliphatic hydroxyl groups excluding tert-OH is 1. The predicted molar refractivity (Wildman–Crippen MR) is 51.1 cm³/mol. The molecule has 0 rings (SSSR count). The van der Waals surface area contributed by atoms with Gasteiger partial charge in [-0.15, -0.1) is 0 Å². The smallest absolute Gasteiger partial charge is 0.342 e. The van der Waals surface area contributed by atoms with Crippen molar-refractivity contribution in [1.82, 2.24) is 0 Å². The van der Waals surface area contributed by atoms with Gasteiger partial charge >= 0.3 is 5.97 Å². The van der Waals surface area contributed by atoms with Crippen molar-refractivity contribution in [2.75, 3.05) is 7.11 Å². The van der Waals surface area contributed by atoms with Crippen LogP contribution in [0.15, 0.2) is 16.3 Å². The summed E-state index contributed by atoms with van der Waals surface area (Å²) >= 11 is 0. The third kappa shape index (κ3) is 3.84. The summed E-state index contributed by atoms with van der Waals surface area (Å²) in [6, 6.07) is 0. The van der Waals surface area contributed by atoms with Gasteiger partial charge in [-0.3, -0.25) is 4.79 Å². The van der Waals surface area contributed by atoms with E-state index in [0.717, 1.165) is 6.21 Å². The standard InChI is InChI=1S/C9H13NO4/c1-4-8(12)7(9(13)14-3)5-10-6(2)11/h5,12H,4H2,1-3H3/b8-7+,10-5?. The largest absolute Gasteiger partial charge is 0.511 e. The molecule has 0 aromatic rings. The average Bonchev–Trinajstić information content (AvgIpc) is 2.16. The van der Waals surface area contributed by atoms with E-state index >= 15 is 0 Å². The summed E-state index contributed by atoms with van der Waals surface area (Å²) in [7, 11) is 1.19. The number of carbonyl (C=O) groups is 2. The summed E-state index contributed by atoms with van der Waals surface area (Å²) in [5.41, 5.74) is -0.0924. The van der Waals surface area contributed by atoms with Gasteiger partial charge < -0.3 is 9.84 Å². The first-order valence-corrected chi connectivity index (χ1v) is 4.08. The number of esters is 1. The second-order valence-corrected chi connectivity index (χ2v) is 2.48. The summed E-state index contributed by atoms with van der Waals surface area (Å²) in [6.45, 7) is 2.91. The van der Waals surface area contributed by atoms with Crippen LogP contribution in [0.2, 0.25) is 0 Å². The van der Waals surface area contributed by atoms with Gasteiger partial charge in [-0.2, -0.15) is 0 Å². The van der Waals surface area contributed by atoms with E-state index in [1.807, 2.05) is 0 Å². The molecule has 0 spiro atoms. The fourth-order valence-electron chi connectivity index (χ4n) is 0.701. The van der Waals surface area contributed by atoms with E-state index in [4.69, 9.17) is 0 Å². The SMILES string of the molecule is CC/C(O)=C(/C=NC(C)=O)C(=O)OC. The van der Waals surface area contributed by atoms with E-state index in [2.05, 4.69) is 9.73 Å². The number of carbonyl (C=O) groups excluding carboxylic acids is 2. The molecule has 5 nitrogen and oxygen atoms in total. The van der Waals surface area contributed by atoms with Crippen molar-refractivity contribution in [2.45, 2.75) is 20.3 Å². The molecule has 0 aliphatic carbocycles. The Kier molecular flexibility index (Phi) is 5.21.